The molecule has 1 heteroatoms. The van der Waals surface area contributed by atoms with Crippen LogP contribution in [0.2, 0.25) is 0 Å². The summed E-state index contributed by atoms with van der Waals surface area (Å²) in [6, 6.07) is 0.635. The van der Waals surface area contributed by atoms with Gasteiger partial charge in [0.2, 0.25) is 0 Å². The van der Waals surface area contributed by atoms with Crippen LogP contribution in [0.15, 0.2) is 0 Å². The molecule has 1 aliphatic carbocycles. The van der Waals surface area contributed by atoms with Gasteiger partial charge in [-0.1, -0.05) is 59.8 Å². The van der Waals surface area contributed by atoms with E-state index in [0.717, 1.165) is 5.92 Å². The smallest absolute Gasteiger partial charge is 0.00106 e. The highest BCUT2D eigenvalue weighted by Gasteiger charge is 2.34. The van der Waals surface area contributed by atoms with Crippen molar-refractivity contribution in [2.45, 2.75) is 97.9 Å². The second-order valence-corrected chi connectivity index (χ2v) is 7.22. The minimum atomic E-state index is 0.628. The van der Waals surface area contributed by atoms with Crippen molar-refractivity contribution in [2.75, 3.05) is 6.54 Å². The molecule has 19 heavy (non-hydrogen) atoms. The van der Waals surface area contributed by atoms with Crippen molar-refractivity contribution in [1.29, 1.82) is 0 Å². The third kappa shape index (κ3) is 6.29. The molecule has 0 amide bonds. The summed E-state index contributed by atoms with van der Waals surface area (Å²) in [6.45, 7) is 10.5. The zero-order valence-corrected chi connectivity index (χ0v) is 13.9. The number of hydrogen-bond acceptors (Lipinski definition) is 1. The summed E-state index contributed by atoms with van der Waals surface area (Å²) >= 11 is 0. The summed E-state index contributed by atoms with van der Waals surface area (Å²) in [5.74, 6) is 1.04. The van der Waals surface area contributed by atoms with Gasteiger partial charge in [-0.2, -0.15) is 0 Å². The van der Waals surface area contributed by atoms with Crippen LogP contribution in [-0.4, -0.2) is 12.6 Å². The molecule has 1 saturated carbocycles. The van der Waals surface area contributed by atoms with Crippen LogP contribution < -0.4 is 5.32 Å². The summed E-state index contributed by atoms with van der Waals surface area (Å²) in [5, 5.41) is 3.72. The molecule has 1 N–H and O–H groups in total. The predicted octanol–water partition coefficient (Wildman–Crippen LogP) is 5.54. The van der Waals surface area contributed by atoms with Gasteiger partial charge in [0.15, 0.2) is 0 Å². The molecule has 0 bridgehead atoms. The van der Waals surface area contributed by atoms with E-state index in [0.29, 0.717) is 11.5 Å². The lowest BCUT2D eigenvalue weighted by Crippen LogP contribution is -2.40. The monoisotopic (exact) mass is 267 g/mol. The van der Waals surface area contributed by atoms with Crippen molar-refractivity contribution in [3.05, 3.63) is 0 Å². The molecule has 0 heterocycles. The van der Waals surface area contributed by atoms with Gasteiger partial charge in [0.1, 0.15) is 0 Å². The Labute approximate surface area is 121 Å². The molecule has 1 fully saturated rings. The fourth-order valence-corrected chi connectivity index (χ4v) is 3.56. The Balaban J connectivity index is 2.43. The maximum absolute atomic E-state index is 3.72. The lowest BCUT2D eigenvalue weighted by Gasteiger charge is -2.41. The first-order valence-corrected chi connectivity index (χ1v) is 8.85. The Morgan fingerprint density at radius 3 is 2.21 bits per heavy atom. The minimum absolute atomic E-state index is 0.628. The fraction of sp³-hybridized carbons (Fsp3) is 1.00. The molecule has 114 valence electrons. The molecule has 1 rings (SSSR count). The van der Waals surface area contributed by atoms with Crippen molar-refractivity contribution < 1.29 is 0 Å². The SMILES string of the molecule is CCCCC1CCC(CCCC)(CNC(C)C)CC1. The van der Waals surface area contributed by atoms with Crippen molar-refractivity contribution in [1.82, 2.24) is 5.32 Å². The molecule has 0 saturated heterocycles. The second-order valence-electron chi connectivity index (χ2n) is 7.22. The Morgan fingerprint density at radius 2 is 1.68 bits per heavy atom. The quantitative estimate of drug-likeness (QED) is 0.578. The molecule has 0 unspecified atom stereocenters. The topological polar surface area (TPSA) is 12.0 Å². The first-order chi connectivity index (χ1) is 9.12. The molecule has 1 aliphatic rings. The first-order valence-electron chi connectivity index (χ1n) is 8.85. The average Bonchev–Trinajstić information content (AvgIpc) is 2.42. The zero-order valence-electron chi connectivity index (χ0n) is 13.9. The third-order valence-electron chi connectivity index (χ3n) is 5.08. The van der Waals surface area contributed by atoms with Gasteiger partial charge in [-0.15, -0.1) is 0 Å². The number of rotatable bonds is 9. The number of hydrogen-bond donors (Lipinski definition) is 1. The van der Waals surface area contributed by atoms with Crippen LogP contribution in [0.1, 0.15) is 91.9 Å². The first kappa shape index (κ1) is 17.0. The van der Waals surface area contributed by atoms with E-state index in [1.807, 2.05) is 0 Å². The normalized spacial score (nSPS) is 27.9. The predicted molar refractivity (Wildman–Crippen MR) is 86.6 cm³/mol. The van der Waals surface area contributed by atoms with Crippen LogP contribution in [0.3, 0.4) is 0 Å². The van der Waals surface area contributed by atoms with E-state index in [9.17, 15) is 0 Å². The third-order valence-corrected chi connectivity index (χ3v) is 5.08. The van der Waals surface area contributed by atoms with E-state index in [4.69, 9.17) is 0 Å². The molecular weight excluding hydrogens is 230 g/mol. The zero-order chi connectivity index (χ0) is 14.1. The van der Waals surface area contributed by atoms with Gasteiger partial charge in [0, 0.05) is 12.6 Å². The minimum Gasteiger partial charge on any atom is -0.314 e. The molecule has 0 aromatic heterocycles. The van der Waals surface area contributed by atoms with Crippen molar-refractivity contribution in [2.24, 2.45) is 11.3 Å². The largest absolute Gasteiger partial charge is 0.314 e. The fourth-order valence-electron chi connectivity index (χ4n) is 3.56. The number of nitrogens with one attached hydrogen (secondary N) is 1. The van der Waals surface area contributed by atoms with Gasteiger partial charge in [0.25, 0.3) is 0 Å². The van der Waals surface area contributed by atoms with Crippen LogP contribution in [0.4, 0.5) is 0 Å². The molecule has 0 aromatic rings. The van der Waals surface area contributed by atoms with E-state index in [-0.39, 0.29) is 0 Å². The van der Waals surface area contributed by atoms with E-state index >= 15 is 0 Å². The number of unbranched alkanes of at least 4 members (excludes halogenated alkanes) is 2. The molecule has 0 aromatic carbocycles. The lowest BCUT2D eigenvalue weighted by molar-refractivity contribution is 0.122. The molecule has 0 atom stereocenters. The summed E-state index contributed by atoms with van der Waals surface area (Å²) in [6.07, 6.45) is 14.4. The highest BCUT2D eigenvalue weighted by atomic mass is 14.9. The Morgan fingerprint density at radius 1 is 1.05 bits per heavy atom. The van der Waals surface area contributed by atoms with Crippen molar-refractivity contribution in [3.8, 4) is 0 Å². The highest BCUT2D eigenvalue weighted by Crippen LogP contribution is 2.43. The second kappa shape index (κ2) is 9.00. The van der Waals surface area contributed by atoms with Crippen LogP contribution >= 0.6 is 0 Å². The maximum atomic E-state index is 3.72. The van der Waals surface area contributed by atoms with E-state index in [2.05, 4.69) is 33.0 Å². The summed E-state index contributed by atoms with van der Waals surface area (Å²) in [7, 11) is 0. The summed E-state index contributed by atoms with van der Waals surface area (Å²) in [4.78, 5) is 0. The van der Waals surface area contributed by atoms with Crippen LogP contribution in [-0.2, 0) is 0 Å². The Bertz CT molecular complexity index is 214. The summed E-state index contributed by atoms with van der Waals surface area (Å²) in [5.41, 5.74) is 0.628. The van der Waals surface area contributed by atoms with Crippen LogP contribution in [0, 0.1) is 11.3 Å². The van der Waals surface area contributed by atoms with Crippen LogP contribution in [0.5, 0.6) is 0 Å². The molecule has 0 spiro atoms. The standard InChI is InChI=1S/C18H37N/c1-5-7-9-17-10-13-18(14-11-17,12-8-6-2)15-19-16(3)4/h16-17,19H,5-15H2,1-4H3. The highest BCUT2D eigenvalue weighted by molar-refractivity contribution is 4.87. The average molecular weight is 268 g/mol. The van der Waals surface area contributed by atoms with E-state index < -0.39 is 0 Å². The van der Waals surface area contributed by atoms with Crippen LogP contribution in [0.25, 0.3) is 0 Å². The molecule has 0 aliphatic heterocycles. The van der Waals surface area contributed by atoms with Gasteiger partial charge < -0.3 is 5.32 Å². The molecular formula is C18H37N. The lowest BCUT2D eigenvalue weighted by atomic mass is 9.67. The van der Waals surface area contributed by atoms with Crippen molar-refractivity contribution in [3.63, 3.8) is 0 Å². The van der Waals surface area contributed by atoms with Gasteiger partial charge in [-0.25, -0.2) is 0 Å². The van der Waals surface area contributed by atoms with Gasteiger partial charge in [0.05, 0.1) is 0 Å². The van der Waals surface area contributed by atoms with E-state index in [1.54, 1.807) is 0 Å². The van der Waals surface area contributed by atoms with Gasteiger partial charge in [-0.3, -0.25) is 0 Å². The van der Waals surface area contributed by atoms with Gasteiger partial charge >= 0.3 is 0 Å². The maximum Gasteiger partial charge on any atom is 0.00106 e. The molecule has 1 nitrogen and oxygen atoms in total. The van der Waals surface area contributed by atoms with Gasteiger partial charge in [-0.05, 0) is 43.4 Å². The van der Waals surface area contributed by atoms with Crippen molar-refractivity contribution >= 4 is 0 Å². The Kier molecular flexibility index (Phi) is 8.06. The Hall–Kier alpha value is -0.0400. The van der Waals surface area contributed by atoms with E-state index in [1.165, 1.54) is 70.8 Å². The molecule has 0 radical (unpaired) electrons. The summed E-state index contributed by atoms with van der Waals surface area (Å²) < 4.78 is 0.